The molecule has 0 spiro atoms. The van der Waals surface area contributed by atoms with Crippen molar-refractivity contribution >= 4 is 28.4 Å². The molecule has 0 saturated heterocycles. The molecular formula is C15H17NO4S. The summed E-state index contributed by atoms with van der Waals surface area (Å²) in [6, 6.07) is 4.11. The van der Waals surface area contributed by atoms with E-state index in [9.17, 15) is 13.8 Å². The molecule has 5 nitrogen and oxygen atoms in total. The minimum atomic E-state index is -1.34. The topological polar surface area (TPSA) is 83.5 Å². The number of allylic oxidation sites excluding steroid dienone is 3. The Bertz CT molecular complexity index is 647. The third-order valence-electron chi connectivity index (χ3n) is 2.68. The van der Waals surface area contributed by atoms with Crippen molar-refractivity contribution in [2.75, 3.05) is 11.6 Å². The molecule has 0 aliphatic rings. The Hall–Kier alpha value is -2.21. The number of hydrogen-bond acceptors (Lipinski definition) is 3. The third-order valence-corrected chi connectivity index (χ3v) is 3.66. The number of aromatic carboxylic acids is 1. The molecule has 2 N–H and O–H groups in total. The number of carboxylic acid groups (broad SMARTS) is 1. The normalized spacial score (nSPS) is 13.2. The highest BCUT2D eigenvalue weighted by Crippen LogP contribution is 2.21. The number of anilines is 1. The van der Waals surface area contributed by atoms with Crippen LogP contribution < -0.4 is 5.32 Å². The van der Waals surface area contributed by atoms with Crippen LogP contribution in [0.15, 0.2) is 46.9 Å². The molecule has 21 heavy (non-hydrogen) atoms. The van der Waals surface area contributed by atoms with E-state index in [1.807, 2.05) is 6.92 Å². The van der Waals surface area contributed by atoms with E-state index in [0.29, 0.717) is 10.5 Å². The maximum Gasteiger partial charge on any atom is 0.335 e. The van der Waals surface area contributed by atoms with E-state index < -0.39 is 16.8 Å². The maximum atomic E-state index is 12.0. The number of carboxylic acids is 1. The molecule has 0 radical (unpaired) electrons. The van der Waals surface area contributed by atoms with Gasteiger partial charge in [0.25, 0.3) is 5.91 Å². The lowest BCUT2D eigenvalue weighted by atomic mass is 10.2. The number of nitrogens with one attached hydrogen (secondary N) is 1. The number of hydrogen-bond donors (Lipinski definition) is 2. The molecule has 0 heterocycles. The molecule has 1 aromatic carbocycles. The lowest BCUT2D eigenvalue weighted by Crippen LogP contribution is -2.15. The van der Waals surface area contributed by atoms with Crippen LogP contribution in [0.3, 0.4) is 0 Å². The second-order valence-electron chi connectivity index (χ2n) is 4.30. The van der Waals surface area contributed by atoms with Crippen molar-refractivity contribution in [3.63, 3.8) is 0 Å². The molecule has 0 unspecified atom stereocenters. The van der Waals surface area contributed by atoms with Crippen LogP contribution in [0.1, 0.15) is 24.2 Å². The first-order valence-corrected chi connectivity index (χ1v) is 7.74. The maximum absolute atomic E-state index is 12.0. The van der Waals surface area contributed by atoms with Gasteiger partial charge in [0.05, 0.1) is 26.9 Å². The molecule has 1 rings (SSSR count). The van der Waals surface area contributed by atoms with E-state index in [-0.39, 0.29) is 17.2 Å². The van der Waals surface area contributed by atoms with Crippen LogP contribution >= 0.6 is 0 Å². The van der Waals surface area contributed by atoms with Crippen molar-refractivity contribution < 1.29 is 18.9 Å². The summed E-state index contributed by atoms with van der Waals surface area (Å²) < 4.78 is 11.7. The van der Waals surface area contributed by atoms with E-state index in [0.717, 1.165) is 0 Å². The van der Waals surface area contributed by atoms with E-state index in [4.69, 9.17) is 5.11 Å². The highest BCUT2D eigenvalue weighted by Gasteiger charge is 2.13. The second-order valence-corrected chi connectivity index (χ2v) is 5.65. The lowest BCUT2D eigenvalue weighted by molar-refractivity contribution is -0.112. The summed E-state index contributed by atoms with van der Waals surface area (Å²) in [5.74, 6) is -1.48. The van der Waals surface area contributed by atoms with Gasteiger partial charge < -0.3 is 10.4 Å². The molecule has 0 bridgehead atoms. The van der Waals surface area contributed by atoms with Crippen LogP contribution in [0.5, 0.6) is 0 Å². The fourth-order valence-corrected chi connectivity index (χ4v) is 2.23. The molecular weight excluding hydrogens is 290 g/mol. The van der Waals surface area contributed by atoms with Crippen molar-refractivity contribution in [2.45, 2.75) is 18.7 Å². The van der Waals surface area contributed by atoms with Crippen LogP contribution in [-0.2, 0) is 15.6 Å². The molecule has 0 aromatic heterocycles. The highest BCUT2D eigenvalue weighted by atomic mass is 32.2. The number of benzene rings is 1. The van der Waals surface area contributed by atoms with Crippen LogP contribution in [0.25, 0.3) is 0 Å². The molecule has 0 aliphatic heterocycles. The highest BCUT2D eigenvalue weighted by molar-refractivity contribution is 7.84. The smallest absolute Gasteiger partial charge is 0.335 e. The molecule has 1 aromatic rings. The molecule has 112 valence electrons. The lowest BCUT2D eigenvalue weighted by Gasteiger charge is -2.10. The average Bonchev–Trinajstić information content (AvgIpc) is 2.44. The predicted molar refractivity (Wildman–Crippen MR) is 82.9 cm³/mol. The number of carbonyl (C=O) groups excluding carboxylic acids is 1. The summed E-state index contributed by atoms with van der Waals surface area (Å²) in [7, 11) is -1.34. The van der Waals surface area contributed by atoms with Crippen LogP contribution in [-0.4, -0.2) is 27.4 Å². The SMILES string of the molecule is C/C=C\C=C(/C)C(=O)Nc1cc(C(=O)O)ccc1[S@](C)=O. The zero-order valence-electron chi connectivity index (χ0n) is 12.0. The second kappa shape index (κ2) is 7.54. The molecule has 0 saturated carbocycles. The van der Waals surface area contributed by atoms with E-state index in [2.05, 4.69) is 5.32 Å². The fraction of sp³-hybridized carbons (Fsp3) is 0.200. The first-order valence-electron chi connectivity index (χ1n) is 6.18. The zero-order chi connectivity index (χ0) is 16.0. The van der Waals surface area contributed by atoms with Gasteiger partial charge in [-0.3, -0.25) is 9.00 Å². The van der Waals surface area contributed by atoms with Crippen molar-refractivity contribution in [2.24, 2.45) is 0 Å². The van der Waals surface area contributed by atoms with Gasteiger partial charge in [0, 0.05) is 11.8 Å². The van der Waals surface area contributed by atoms with Gasteiger partial charge in [-0.25, -0.2) is 4.79 Å². The molecule has 0 aliphatic carbocycles. The van der Waals surface area contributed by atoms with Crippen LogP contribution in [0, 0.1) is 0 Å². The Morgan fingerprint density at radius 1 is 1.33 bits per heavy atom. The monoisotopic (exact) mass is 307 g/mol. The van der Waals surface area contributed by atoms with E-state index in [1.165, 1.54) is 24.5 Å². The minimum Gasteiger partial charge on any atom is -0.478 e. The Balaban J connectivity index is 3.15. The summed E-state index contributed by atoms with van der Waals surface area (Å²) in [5, 5.41) is 11.6. The minimum absolute atomic E-state index is 0.0228. The Kier molecular flexibility index (Phi) is 6.05. The van der Waals surface area contributed by atoms with Gasteiger partial charge >= 0.3 is 5.97 Å². The third kappa shape index (κ3) is 4.68. The Labute approximate surface area is 125 Å². The largest absolute Gasteiger partial charge is 0.478 e. The molecule has 1 amide bonds. The number of rotatable bonds is 5. The fourth-order valence-electron chi connectivity index (χ4n) is 1.55. The van der Waals surface area contributed by atoms with Gasteiger partial charge in [-0.1, -0.05) is 18.2 Å². The van der Waals surface area contributed by atoms with Gasteiger partial charge in [-0.05, 0) is 32.0 Å². The summed E-state index contributed by atoms with van der Waals surface area (Å²) >= 11 is 0. The Morgan fingerprint density at radius 2 is 2.00 bits per heavy atom. The van der Waals surface area contributed by atoms with Crippen molar-refractivity contribution in [1.29, 1.82) is 0 Å². The van der Waals surface area contributed by atoms with Gasteiger partial charge in [0.2, 0.25) is 0 Å². The van der Waals surface area contributed by atoms with E-state index >= 15 is 0 Å². The molecule has 0 fully saturated rings. The van der Waals surface area contributed by atoms with Crippen molar-refractivity contribution in [3.05, 3.63) is 47.6 Å². The summed E-state index contributed by atoms with van der Waals surface area (Å²) in [5.41, 5.74) is 0.727. The standard InChI is InChI=1S/C15H17NO4S/c1-4-5-6-10(2)14(17)16-12-9-11(15(18)19)7-8-13(12)21(3)20/h4-9H,1-3H3,(H,16,17)(H,18,19)/b5-4-,10-6+/t21-/m0/s1. The van der Waals surface area contributed by atoms with Gasteiger partial charge in [0.15, 0.2) is 0 Å². The number of amides is 1. The van der Waals surface area contributed by atoms with Crippen molar-refractivity contribution in [1.82, 2.24) is 0 Å². The van der Waals surface area contributed by atoms with Gasteiger partial charge in [-0.15, -0.1) is 0 Å². The summed E-state index contributed by atoms with van der Waals surface area (Å²) in [4.78, 5) is 23.4. The van der Waals surface area contributed by atoms with Crippen molar-refractivity contribution in [3.8, 4) is 0 Å². The van der Waals surface area contributed by atoms with Gasteiger partial charge in [0.1, 0.15) is 0 Å². The Morgan fingerprint density at radius 3 is 2.52 bits per heavy atom. The molecule has 6 heteroatoms. The average molecular weight is 307 g/mol. The van der Waals surface area contributed by atoms with Gasteiger partial charge in [-0.2, -0.15) is 0 Å². The first-order chi connectivity index (χ1) is 9.86. The summed E-state index contributed by atoms with van der Waals surface area (Å²) in [6.07, 6.45) is 6.61. The van der Waals surface area contributed by atoms with Crippen LogP contribution in [0.4, 0.5) is 5.69 Å². The quantitative estimate of drug-likeness (QED) is 0.647. The van der Waals surface area contributed by atoms with Crippen LogP contribution in [0.2, 0.25) is 0 Å². The molecule has 1 atom stereocenters. The number of carbonyl (C=O) groups is 2. The summed E-state index contributed by atoms with van der Waals surface area (Å²) in [6.45, 7) is 3.47. The zero-order valence-corrected chi connectivity index (χ0v) is 12.9. The predicted octanol–water partition coefficient (Wildman–Crippen LogP) is 2.58. The van der Waals surface area contributed by atoms with E-state index in [1.54, 1.807) is 25.2 Å². The first kappa shape index (κ1) is 16.8.